The van der Waals surface area contributed by atoms with Gasteiger partial charge in [0.05, 0.1) is 0 Å². The molecule has 0 aromatic heterocycles. The van der Waals surface area contributed by atoms with Crippen LogP contribution >= 0.6 is 15.9 Å². The van der Waals surface area contributed by atoms with Crippen LogP contribution in [-0.2, 0) is 0 Å². The lowest BCUT2D eigenvalue weighted by Crippen LogP contribution is -2.38. The molecule has 106 valence electrons. The van der Waals surface area contributed by atoms with Gasteiger partial charge in [-0.15, -0.1) is 0 Å². The summed E-state index contributed by atoms with van der Waals surface area (Å²) in [6.45, 7) is 5.55. The summed E-state index contributed by atoms with van der Waals surface area (Å²) in [4.78, 5) is 2.66. The standard InChI is InChI=1S/C16H25BrN2/c1-2-16(14-6-3-7-15(17)11-14)19-10-4-5-13(12-19)8-9-18/h3,6-7,11,13,16H,2,4-5,8-10,12,18H2,1H3. The molecule has 0 spiro atoms. The number of nitrogens with zero attached hydrogens (tertiary/aromatic N) is 1. The maximum atomic E-state index is 5.72. The van der Waals surface area contributed by atoms with E-state index in [1.807, 2.05) is 0 Å². The predicted molar refractivity (Wildman–Crippen MR) is 85.1 cm³/mol. The summed E-state index contributed by atoms with van der Waals surface area (Å²) in [5, 5.41) is 0. The van der Waals surface area contributed by atoms with E-state index in [1.54, 1.807) is 0 Å². The molecule has 1 saturated heterocycles. The Morgan fingerprint density at radius 1 is 1.47 bits per heavy atom. The van der Waals surface area contributed by atoms with Gasteiger partial charge in [-0.25, -0.2) is 0 Å². The van der Waals surface area contributed by atoms with Crippen molar-refractivity contribution in [2.24, 2.45) is 11.7 Å². The summed E-state index contributed by atoms with van der Waals surface area (Å²) in [5.74, 6) is 0.792. The van der Waals surface area contributed by atoms with Gasteiger partial charge in [0.1, 0.15) is 0 Å². The van der Waals surface area contributed by atoms with Crippen molar-refractivity contribution in [3.8, 4) is 0 Å². The third-order valence-corrected chi connectivity index (χ3v) is 4.68. The zero-order chi connectivity index (χ0) is 13.7. The van der Waals surface area contributed by atoms with Crippen molar-refractivity contribution in [1.29, 1.82) is 0 Å². The van der Waals surface area contributed by atoms with E-state index < -0.39 is 0 Å². The van der Waals surface area contributed by atoms with Gasteiger partial charge in [-0.2, -0.15) is 0 Å². The lowest BCUT2D eigenvalue weighted by Gasteiger charge is -2.38. The molecule has 1 aromatic rings. The smallest absolute Gasteiger partial charge is 0.0346 e. The van der Waals surface area contributed by atoms with Crippen molar-refractivity contribution in [1.82, 2.24) is 4.90 Å². The third-order valence-electron chi connectivity index (χ3n) is 4.19. The number of nitrogens with two attached hydrogens (primary N) is 1. The first-order chi connectivity index (χ1) is 9.24. The molecule has 0 bridgehead atoms. The van der Waals surface area contributed by atoms with Crippen LogP contribution in [0.4, 0.5) is 0 Å². The van der Waals surface area contributed by atoms with Gasteiger partial charge < -0.3 is 5.73 Å². The molecule has 1 aromatic carbocycles. The zero-order valence-electron chi connectivity index (χ0n) is 11.8. The summed E-state index contributed by atoms with van der Waals surface area (Å²) < 4.78 is 1.18. The van der Waals surface area contributed by atoms with Gasteiger partial charge in [0.25, 0.3) is 0 Å². The average Bonchev–Trinajstić information content (AvgIpc) is 2.41. The molecule has 2 N–H and O–H groups in total. The Morgan fingerprint density at radius 3 is 3.00 bits per heavy atom. The van der Waals surface area contributed by atoms with Crippen LogP contribution < -0.4 is 5.73 Å². The fourth-order valence-corrected chi connectivity index (χ4v) is 3.69. The van der Waals surface area contributed by atoms with Gasteiger partial charge in [-0.05, 0) is 62.4 Å². The van der Waals surface area contributed by atoms with E-state index in [2.05, 4.69) is 52.0 Å². The molecule has 2 unspecified atom stereocenters. The second-order valence-corrected chi connectivity index (χ2v) is 6.48. The van der Waals surface area contributed by atoms with Gasteiger partial charge in [-0.3, -0.25) is 4.90 Å². The highest BCUT2D eigenvalue weighted by Gasteiger charge is 2.25. The van der Waals surface area contributed by atoms with Crippen LogP contribution in [-0.4, -0.2) is 24.5 Å². The molecule has 2 atom stereocenters. The lowest BCUT2D eigenvalue weighted by molar-refractivity contribution is 0.117. The van der Waals surface area contributed by atoms with Gasteiger partial charge in [0.2, 0.25) is 0 Å². The van der Waals surface area contributed by atoms with Crippen LogP contribution in [0.3, 0.4) is 0 Å². The van der Waals surface area contributed by atoms with Crippen LogP contribution in [0.1, 0.15) is 44.2 Å². The normalized spacial score (nSPS) is 22.4. The number of likely N-dealkylation sites (tertiary alicyclic amines) is 1. The predicted octanol–water partition coefficient (Wildman–Crippen LogP) is 3.96. The molecule has 0 saturated carbocycles. The highest BCUT2D eigenvalue weighted by molar-refractivity contribution is 9.10. The molecule has 19 heavy (non-hydrogen) atoms. The van der Waals surface area contributed by atoms with Crippen molar-refractivity contribution in [3.05, 3.63) is 34.3 Å². The molecule has 0 amide bonds. The molecule has 1 fully saturated rings. The third kappa shape index (κ3) is 4.04. The quantitative estimate of drug-likeness (QED) is 0.888. The maximum Gasteiger partial charge on any atom is 0.0346 e. The van der Waals surface area contributed by atoms with Crippen LogP contribution in [0.25, 0.3) is 0 Å². The van der Waals surface area contributed by atoms with Crippen LogP contribution in [0.15, 0.2) is 28.7 Å². The Morgan fingerprint density at radius 2 is 2.32 bits per heavy atom. The second-order valence-electron chi connectivity index (χ2n) is 5.56. The Balaban J connectivity index is 2.08. The molecule has 3 heteroatoms. The van der Waals surface area contributed by atoms with Gasteiger partial charge in [0.15, 0.2) is 0 Å². The SMILES string of the molecule is CCC(c1cccc(Br)c1)N1CCCC(CCN)C1. The lowest BCUT2D eigenvalue weighted by atomic mass is 9.92. The number of rotatable bonds is 5. The average molecular weight is 325 g/mol. The first-order valence-electron chi connectivity index (χ1n) is 7.44. The summed E-state index contributed by atoms with van der Waals surface area (Å²) in [6, 6.07) is 9.32. The van der Waals surface area contributed by atoms with Crippen molar-refractivity contribution in [2.45, 2.75) is 38.6 Å². The van der Waals surface area contributed by atoms with Crippen molar-refractivity contribution in [2.75, 3.05) is 19.6 Å². The van der Waals surface area contributed by atoms with Gasteiger partial charge in [0, 0.05) is 17.1 Å². The minimum atomic E-state index is 0.554. The fraction of sp³-hybridized carbons (Fsp3) is 0.625. The van der Waals surface area contributed by atoms with Gasteiger partial charge in [-0.1, -0.05) is 35.0 Å². The number of piperidine rings is 1. The van der Waals surface area contributed by atoms with E-state index in [4.69, 9.17) is 5.73 Å². The molecule has 1 aliphatic rings. The van der Waals surface area contributed by atoms with Crippen molar-refractivity contribution >= 4 is 15.9 Å². The summed E-state index contributed by atoms with van der Waals surface area (Å²) in [5.41, 5.74) is 7.16. The molecule has 2 rings (SSSR count). The monoisotopic (exact) mass is 324 g/mol. The van der Waals surface area contributed by atoms with E-state index in [0.717, 1.165) is 12.5 Å². The number of hydrogen-bond acceptors (Lipinski definition) is 2. The maximum absolute atomic E-state index is 5.72. The molecule has 0 radical (unpaired) electrons. The molecule has 0 aliphatic carbocycles. The molecular weight excluding hydrogens is 300 g/mol. The first-order valence-corrected chi connectivity index (χ1v) is 8.23. The topological polar surface area (TPSA) is 29.3 Å². The Hall–Kier alpha value is -0.380. The second kappa shape index (κ2) is 7.41. The summed E-state index contributed by atoms with van der Waals surface area (Å²) in [7, 11) is 0. The van der Waals surface area contributed by atoms with E-state index in [9.17, 15) is 0 Å². The van der Waals surface area contributed by atoms with Crippen molar-refractivity contribution in [3.63, 3.8) is 0 Å². The van der Waals surface area contributed by atoms with E-state index in [1.165, 1.54) is 48.8 Å². The zero-order valence-corrected chi connectivity index (χ0v) is 13.4. The van der Waals surface area contributed by atoms with Crippen LogP contribution in [0.2, 0.25) is 0 Å². The van der Waals surface area contributed by atoms with Crippen LogP contribution in [0.5, 0.6) is 0 Å². The number of halogens is 1. The largest absolute Gasteiger partial charge is 0.330 e. The molecule has 2 nitrogen and oxygen atoms in total. The fourth-order valence-electron chi connectivity index (χ4n) is 3.27. The highest BCUT2D eigenvalue weighted by Crippen LogP contribution is 2.31. The van der Waals surface area contributed by atoms with Crippen LogP contribution in [0, 0.1) is 5.92 Å². The minimum Gasteiger partial charge on any atom is -0.330 e. The number of hydrogen-bond donors (Lipinski definition) is 1. The van der Waals surface area contributed by atoms with Gasteiger partial charge >= 0.3 is 0 Å². The van der Waals surface area contributed by atoms with E-state index in [-0.39, 0.29) is 0 Å². The molecule has 1 heterocycles. The van der Waals surface area contributed by atoms with E-state index in [0.29, 0.717) is 6.04 Å². The Bertz CT molecular complexity index is 392. The Kier molecular flexibility index (Phi) is 5.86. The highest BCUT2D eigenvalue weighted by atomic mass is 79.9. The Labute approximate surface area is 125 Å². The first kappa shape index (κ1) is 15.0. The summed E-state index contributed by atoms with van der Waals surface area (Å²) in [6.07, 6.45) is 5.01. The molecule has 1 aliphatic heterocycles. The molecular formula is C16H25BrN2. The van der Waals surface area contributed by atoms with Crippen molar-refractivity contribution < 1.29 is 0 Å². The minimum absolute atomic E-state index is 0.554. The summed E-state index contributed by atoms with van der Waals surface area (Å²) >= 11 is 3.59. The van der Waals surface area contributed by atoms with E-state index >= 15 is 0 Å². The number of benzene rings is 1.